The van der Waals surface area contributed by atoms with Gasteiger partial charge in [0.2, 0.25) is 0 Å². The van der Waals surface area contributed by atoms with Gasteiger partial charge in [-0.1, -0.05) is 0 Å². The Morgan fingerprint density at radius 1 is 1.47 bits per heavy atom. The Morgan fingerprint density at radius 2 is 2.20 bits per heavy atom. The van der Waals surface area contributed by atoms with Gasteiger partial charge in [-0.2, -0.15) is 5.11 Å². The largest absolute Gasteiger partial charge is 0.378 e. The molecule has 2 amide bonds. The molecule has 0 aromatic rings. The molecule has 1 atom stereocenters. The summed E-state index contributed by atoms with van der Waals surface area (Å²) in [5, 5.41) is 6.99. The van der Waals surface area contributed by atoms with Gasteiger partial charge in [-0.3, -0.25) is 9.59 Å². The Morgan fingerprint density at radius 3 is 2.80 bits per heavy atom. The van der Waals surface area contributed by atoms with Crippen LogP contribution in [0.3, 0.4) is 0 Å². The van der Waals surface area contributed by atoms with Crippen molar-refractivity contribution in [2.45, 2.75) is 6.04 Å². The van der Waals surface area contributed by atoms with Crippen LogP contribution in [0.15, 0.2) is 22.4 Å². The molecule has 0 radical (unpaired) electrons. The molecule has 0 saturated carbocycles. The van der Waals surface area contributed by atoms with Crippen molar-refractivity contribution in [3.63, 3.8) is 0 Å². The minimum absolute atomic E-state index is 0.120. The zero-order valence-electron chi connectivity index (χ0n) is 8.13. The fourth-order valence-electron chi connectivity index (χ4n) is 1.47. The molecule has 0 aromatic carbocycles. The first-order chi connectivity index (χ1) is 7.27. The fraction of sp³-hybridized carbons (Fsp3) is 0.556. The molecule has 6 nitrogen and oxygen atoms in total. The molecule has 6 heteroatoms. The van der Waals surface area contributed by atoms with Gasteiger partial charge < -0.3 is 9.64 Å². The fourth-order valence-corrected chi connectivity index (χ4v) is 1.47. The Kier molecular flexibility index (Phi) is 2.86. The van der Waals surface area contributed by atoms with Crippen LogP contribution in [-0.2, 0) is 14.3 Å². The molecule has 2 aliphatic rings. The van der Waals surface area contributed by atoms with Crippen LogP contribution < -0.4 is 0 Å². The van der Waals surface area contributed by atoms with E-state index in [4.69, 9.17) is 4.74 Å². The molecule has 0 spiro atoms. The molecule has 0 bridgehead atoms. The average molecular weight is 209 g/mol. The number of hydrogen-bond donors (Lipinski definition) is 0. The van der Waals surface area contributed by atoms with Gasteiger partial charge in [0.1, 0.15) is 0 Å². The average Bonchev–Trinajstić information content (AvgIpc) is 2.30. The summed E-state index contributed by atoms with van der Waals surface area (Å²) < 4.78 is 5.13. The van der Waals surface area contributed by atoms with Gasteiger partial charge in [-0.25, -0.2) is 0 Å². The van der Waals surface area contributed by atoms with E-state index in [0.717, 1.165) is 0 Å². The van der Waals surface area contributed by atoms with Crippen molar-refractivity contribution in [2.24, 2.45) is 10.2 Å². The van der Waals surface area contributed by atoms with E-state index in [9.17, 15) is 9.59 Å². The molecule has 0 N–H and O–H groups in total. The van der Waals surface area contributed by atoms with E-state index in [-0.39, 0.29) is 5.91 Å². The summed E-state index contributed by atoms with van der Waals surface area (Å²) in [5.74, 6) is -0.535. The van der Waals surface area contributed by atoms with Gasteiger partial charge in [-0.05, 0) is 6.08 Å². The van der Waals surface area contributed by atoms with E-state index in [1.807, 2.05) is 0 Å². The van der Waals surface area contributed by atoms with Crippen LogP contribution in [0.2, 0.25) is 0 Å². The molecular formula is C9H11N3O3. The van der Waals surface area contributed by atoms with Crippen LogP contribution in [0, 0.1) is 0 Å². The number of hydrogen-bond acceptors (Lipinski definition) is 4. The van der Waals surface area contributed by atoms with Gasteiger partial charge in [0.05, 0.1) is 13.2 Å². The topological polar surface area (TPSA) is 71.3 Å². The number of morpholine rings is 1. The highest BCUT2D eigenvalue weighted by molar-refractivity contribution is 5.92. The van der Waals surface area contributed by atoms with Crippen LogP contribution in [0.1, 0.15) is 0 Å². The smallest absolute Gasteiger partial charge is 0.287 e. The maximum Gasteiger partial charge on any atom is 0.287 e. The molecule has 2 aliphatic heterocycles. The van der Waals surface area contributed by atoms with Crippen molar-refractivity contribution < 1.29 is 14.3 Å². The first-order valence-electron chi connectivity index (χ1n) is 4.77. The van der Waals surface area contributed by atoms with E-state index in [1.165, 1.54) is 12.2 Å². The predicted octanol–water partition coefficient (Wildman–Crippen LogP) is -0.238. The first-order valence-corrected chi connectivity index (χ1v) is 4.77. The maximum absolute atomic E-state index is 11.8. The Balaban J connectivity index is 1.98. The highest BCUT2D eigenvalue weighted by Crippen LogP contribution is 2.08. The second-order valence-electron chi connectivity index (χ2n) is 3.30. The maximum atomic E-state index is 11.8. The lowest BCUT2D eigenvalue weighted by Crippen LogP contribution is -2.44. The van der Waals surface area contributed by atoms with Crippen molar-refractivity contribution >= 4 is 11.8 Å². The van der Waals surface area contributed by atoms with Crippen molar-refractivity contribution in [2.75, 3.05) is 26.3 Å². The highest BCUT2D eigenvalue weighted by atomic mass is 16.5. The van der Waals surface area contributed by atoms with E-state index in [0.29, 0.717) is 26.3 Å². The lowest BCUT2D eigenvalue weighted by molar-refractivity contribution is -0.135. The lowest BCUT2D eigenvalue weighted by Gasteiger charge is -2.28. The second kappa shape index (κ2) is 4.31. The SMILES string of the molecule is O=C1C=CC(C(=O)N2CCOCC2)N=N1. The second-order valence-corrected chi connectivity index (χ2v) is 3.30. The summed E-state index contributed by atoms with van der Waals surface area (Å²) in [6.45, 7) is 2.26. The molecule has 2 rings (SSSR count). The number of nitrogens with zero attached hydrogens (tertiary/aromatic N) is 3. The third kappa shape index (κ3) is 2.27. The number of rotatable bonds is 1. The monoisotopic (exact) mass is 209 g/mol. The van der Waals surface area contributed by atoms with E-state index >= 15 is 0 Å². The third-order valence-electron chi connectivity index (χ3n) is 2.28. The third-order valence-corrected chi connectivity index (χ3v) is 2.28. The summed E-state index contributed by atoms with van der Waals surface area (Å²) in [7, 11) is 0. The number of carbonyl (C=O) groups is 2. The summed E-state index contributed by atoms with van der Waals surface area (Å²) >= 11 is 0. The lowest BCUT2D eigenvalue weighted by atomic mass is 10.2. The van der Waals surface area contributed by atoms with Gasteiger partial charge in [0.15, 0.2) is 6.04 Å². The summed E-state index contributed by atoms with van der Waals surface area (Å²) in [6.07, 6.45) is 2.75. The van der Waals surface area contributed by atoms with Gasteiger partial charge in [-0.15, -0.1) is 5.11 Å². The Hall–Kier alpha value is -1.56. The molecule has 15 heavy (non-hydrogen) atoms. The quantitative estimate of drug-likeness (QED) is 0.598. The highest BCUT2D eigenvalue weighted by Gasteiger charge is 2.25. The molecule has 1 unspecified atom stereocenters. The molecule has 0 aromatic heterocycles. The normalized spacial score (nSPS) is 25.7. The van der Waals surface area contributed by atoms with Crippen LogP contribution in [-0.4, -0.2) is 49.1 Å². The standard InChI is InChI=1S/C9H11N3O3/c13-8-2-1-7(10-11-8)9(14)12-3-5-15-6-4-12/h1-2,7H,3-6H2. The number of amides is 2. The summed E-state index contributed by atoms with van der Waals surface area (Å²) in [5.41, 5.74) is 0. The van der Waals surface area contributed by atoms with Gasteiger partial charge >= 0.3 is 0 Å². The minimum atomic E-state index is -0.638. The van der Waals surface area contributed by atoms with Crippen molar-refractivity contribution in [1.82, 2.24) is 4.90 Å². The first kappa shape index (κ1) is 9.97. The van der Waals surface area contributed by atoms with Crippen molar-refractivity contribution in [1.29, 1.82) is 0 Å². The minimum Gasteiger partial charge on any atom is -0.378 e. The Labute approximate surface area is 86.6 Å². The summed E-state index contributed by atoms with van der Waals surface area (Å²) in [4.78, 5) is 24.2. The van der Waals surface area contributed by atoms with Crippen LogP contribution in [0.25, 0.3) is 0 Å². The molecule has 1 fully saturated rings. The molecule has 2 heterocycles. The van der Waals surface area contributed by atoms with E-state index < -0.39 is 11.9 Å². The number of ether oxygens (including phenoxy) is 1. The summed E-state index contributed by atoms with van der Waals surface area (Å²) in [6, 6.07) is -0.638. The number of azo groups is 1. The van der Waals surface area contributed by atoms with E-state index in [2.05, 4.69) is 10.2 Å². The zero-order valence-corrected chi connectivity index (χ0v) is 8.13. The van der Waals surface area contributed by atoms with Crippen LogP contribution >= 0.6 is 0 Å². The Bertz CT molecular complexity index is 315. The zero-order chi connectivity index (χ0) is 10.7. The number of carbonyl (C=O) groups excluding carboxylic acids is 2. The molecule has 0 aliphatic carbocycles. The van der Waals surface area contributed by atoms with Crippen molar-refractivity contribution in [3.05, 3.63) is 12.2 Å². The molecule has 80 valence electrons. The predicted molar refractivity (Wildman–Crippen MR) is 50.2 cm³/mol. The van der Waals surface area contributed by atoms with Crippen LogP contribution in [0.5, 0.6) is 0 Å². The van der Waals surface area contributed by atoms with Gasteiger partial charge in [0, 0.05) is 19.2 Å². The molecule has 1 saturated heterocycles. The van der Waals surface area contributed by atoms with Gasteiger partial charge in [0.25, 0.3) is 11.8 Å². The van der Waals surface area contributed by atoms with E-state index in [1.54, 1.807) is 4.90 Å². The van der Waals surface area contributed by atoms with Crippen LogP contribution in [0.4, 0.5) is 0 Å². The van der Waals surface area contributed by atoms with Crippen molar-refractivity contribution in [3.8, 4) is 0 Å². The molecular weight excluding hydrogens is 198 g/mol.